The Balaban J connectivity index is 0.00000160. The number of amides is 1. The molecule has 1 saturated heterocycles. The molecule has 1 aliphatic heterocycles. The molecule has 1 aromatic heterocycles. The van der Waals surface area contributed by atoms with Crippen LogP contribution in [0, 0.1) is 0 Å². The molecular formula is C21H29Cl2N5O2. The quantitative estimate of drug-likeness (QED) is 0.748. The zero-order valence-corrected chi connectivity index (χ0v) is 18.7. The van der Waals surface area contributed by atoms with Crippen LogP contribution in [-0.2, 0) is 11.3 Å². The minimum absolute atomic E-state index is 0. The highest BCUT2D eigenvalue weighted by molar-refractivity contribution is 5.94. The Hall–Kier alpha value is -1.93. The van der Waals surface area contributed by atoms with Crippen LogP contribution in [0.5, 0.6) is 0 Å². The molecule has 0 atom stereocenters. The number of rotatable bonds is 5. The number of halogens is 2. The van der Waals surface area contributed by atoms with Gasteiger partial charge in [0.2, 0.25) is 0 Å². The number of methoxy groups -OCH3 is 1. The van der Waals surface area contributed by atoms with Crippen LogP contribution >= 0.6 is 24.8 Å². The van der Waals surface area contributed by atoms with Gasteiger partial charge in [-0.3, -0.25) is 4.79 Å². The lowest BCUT2D eigenvalue weighted by molar-refractivity contribution is 0.0746. The van der Waals surface area contributed by atoms with Gasteiger partial charge in [-0.2, -0.15) is 0 Å². The van der Waals surface area contributed by atoms with Crippen LogP contribution in [0.3, 0.4) is 0 Å². The smallest absolute Gasteiger partial charge is 0.253 e. The van der Waals surface area contributed by atoms with E-state index in [9.17, 15) is 4.79 Å². The van der Waals surface area contributed by atoms with E-state index < -0.39 is 0 Å². The van der Waals surface area contributed by atoms with E-state index in [4.69, 9.17) is 10.5 Å². The summed E-state index contributed by atoms with van der Waals surface area (Å²) in [6.07, 6.45) is 1.95. The summed E-state index contributed by atoms with van der Waals surface area (Å²) in [5.74, 6) is 2.13. The maximum Gasteiger partial charge on any atom is 0.253 e. The number of carbonyl (C=O) groups excluding carboxylic acids is 1. The first-order valence-electron chi connectivity index (χ1n) is 9.85. The third-order valence-corrected chi connectivity index (χ3v) is 5.56. The average molecular weight is 454 g/mol. The largest absolute Gasteiger partial charge is 0.377 e. The third-order valence-electron chi connectivity index (χ3n) is 5.56. The van der Waals surface area contributed by atoms with Crippen molar-refractivity contribution < 1.29 is 9.53 Å². The molecule has 2 aliphatic rings. The summed E-state index contributed by atoms with van der Waals surface area (Å²) in [7, 11) is 1.66. The minimum Gasteiger partial charge on any atom is -0.377 e. The van der Waals surface area contributed by atoms with Crippen LogP contribution in [-0.4, -0.2) is 60.1 Å². The summed E-state index contributed by atoms with van der Waals surface area (Å²) in [6, 6.07) is 11.8. The molecule has 1 amide bonds. The summed E-state index contributed by atoms with van der Waals surface area (Å²) >= 11 is 0. The average Bonchev–Trinajstić information content (AvgIpc) is 2.72. The Labute approximate surface area is 189 Å². The van der Waals surface area contributed by atoms with Crippen molar-refractivity contribution in [1.29, 1.82) is 0 Å². The first-order chi connectivity index (χ1) is 13.6. The lowest BCUT2D eigenvalue weighted by Crippen LogP contribution is -2.49. The Morgan fingerprint density at radius 1 is 1.10 bits per heavy atom. The van der Waals surface area contributed by atoms with E-state index in [1.54, 1.807) is 7.11 Å². The highest BCUT2D eigenvalue weighted by Crippen LogP contribution is 2.35. The maximum atomic E-state index is 12.7. The van der Waals surface area contributed by atoms with Crippen molar-refractivity contribution in [3.05, 3.63) is 53.5 Å². The second kappa shape index (κ2) is 10.9. The number of hydrogen-bond acceptors (Lipinski definition) is 6. The highest BCUT2D eigenvalue weighted by Gasteiger charge is 2.30. The number of nitrogens with zero attached hydrogens (tertiary/aromatic N) is 4. The lowest BCUT2D eigenvalue weighted by Gasteiger charge is -2.36. The predicted octanol–water partition coefficient (Wildman–Crippen LogP) is 2.63. The molecule has 2 aromatic rings. The second-order valence-corrected chi connectivity index (χ2v) is 7.57. The van der Waals surface area contributed by atoms with Gasteiger partial charge in [0.25, 0.3) is 5.91 Å². The van der Waals surface area contributed by atoms with Gasteiger partial charge < -0.3 is 20.3 Å². The van der Waals surface area contributed by atoms with Crippen LogP contribution < -0.4 is 10.6 Å². The molecule has 2 N–H and O–H groups in total. The molecule has 2 fully saturated rings. The van der Waals surface area contributed by atoms with Crippen molar-refractivity contribution in [2.75, 3.05) is 38.2 Å². The SMILES string of the molecule is COCc1nc(C2CC(N)C2)cc(N2CCN(C(=O)c3ccccc3)CC2)n1.Cl.Cl. The molecule has 0 unspecified atom stereocenters. The zero-order valence-electron chi connectivity index (χ0n) is 17.1. The highest BCUT2D eigenvalue weighted by atomic mass is 35.5. The number of piperazine rings is 1. The number of aromatic nitrogens is 2. The standard InChI is InChI=1S/C21H27N5O2.2ClH/c1-28-14-19-23-18(16-11-17(22)12-16)13-20(24-19)25-7-9-26(10-8-25)21(27)15-5-3-2-4-6-15;;/h2-6,13,16-17H,7-12,14,22H2,1H3;2*1H. The summed E-state index contributed by atoms with van der Waals surface area (Å²) in [5.41, 5.74) is 7.76. The van der Waals surface area contributed by atoms with Gasteiger partial charge in [0.1, 0.15) is 12.4 Å². The number of nitrogens with two attached hydrogens (primary N) is 1. The minimum atomic E-state index is 0. The second-order valence-electron chi connectivity index (χ2n) is 7.57. The van der Waals surface area contributed by atoms with Crippen LogP contribution in [0.2, 0.25) is 0 Å². The number of ether oxygens (including phenoxy) is 1. The number of anilines is 1. The molecule has 1 aliphatic carbocycles. The van der Waals surface area contributed by atoms with Crippen molar-refractivity contribution >= 4 is 36.5 Å². The van der Waals surface area contributed by atoms with Crippen molar-refractivity contribution in [2.45, 2.75) is 31.4 Å². The van der Waals surface area contributed by atoms with E-state index in [0.29, 0.717) is 31.4 Å². The number of hydrogen-bond donors (Lipinski definition) is 1. The summed E-state index contributed by atoms with van der Waals surface area (Å²) in [6.45, 7) is 3.27. The molecule has 164 valence electrons. The van der Waals surface area contributed by atoms with Gasteiger partial charge in [-0.25, -0.2) is 9.97 Å². The summed E-state index contributed by atoms with van der Waals surface area (Å²) in [5, 5.41) is 0. The number of benzene rings is 1. The van der Waals surface area contributed by atoms with Crippen molar-refractivity contribution in [2.24, 2.45) is 5.73 Å². The summed E-state index contributed by atoms with van der Waals surface area (Å²) < 4.78 is 5.25. The first-order valence-corrected chi connectivity index (χ1v) is 9.85. The molecule has 0 spiro atoms. The van der Waals surface area contributed by atoms with Gasteiger partial charge in [-0.05, 0) is 25.0 Å². The maximum absolute atomic E-state index is 12.7. The van der Waals surface area contributed by atoms with E-state index in [1.807, 2.05) is 35.2 Å². The van der Waals surface area contributed by atoms with E-state index in [2.05, 4.69) is 20.9 Å². The van der Waals surface area contributed by atoms with E-state index >= 15 is 0 Å². The summed E-state index contributed by atoms with van der Waals surface area (Å²) in [4.78, 5) is 26.2. The molecule has 0 radical (unpaired) electrons. The van der Waals surface area contributed by atoms with Crippen LogP contribution in [0.1, 0.15) is 40.6 Å². The molecule has 9 heteroatoms. The molecule has 30 heavy (non-hydrogen) atoms. The molecular weight excluding hydrogens is 425 g/mol. The van der Waals surface area contributed by atoms with Gasteiger partial charge in [0, 0.05) is 62.6 Å². The van der Waals surface area contributed by atoms with Gasteiger partial charge in [-0.1, -0.05) is 18.2 Å². The van der Waals surface area contributed by atoms with Crippen molar-refractivity contribution in [3.8, 4) is 0 Å². The third kappa shape index (κ3) is 5.40. The fourth-order valence-electron chi connectivity index (χ4n) is 3.87. The van der Waals surface area contributed by atoms with Gasteiger partial charge >= 0.3 is 0 Å². The first kappa shape index (κ1) is 24.3. The molecule has 7 nitrogen and oxygen atoms in total. The number of carbonyl (C=O) groups is 1. The zero-order chi connectivity index (χ0) is 19.5. The van der Waals surface area contributed by atoms with Crippen molar-refractivity contribution in [3.63, 3.8) is 0 Å². The Bertz CT molecular complexity index is 825. The Morgan fingerprint density at radius 3 is 2.37 bits per heavy atom. The molecule has 1 aromatic carbocycles. The fraction of sp³-hybridized carbons (Fsp3) is 0.476. The van der Waals surface area contributed by atoms with E-state index in [-0.39, 0.29) is 36.8 Å². The topological polar surface area (TPSA) is 84.6 Å². The lowest BCUT2D eigenvalue weighted by atomic mass is 9.78. The van der Waals surface area contributed by atoms with Crippen LogP contribution in [0.4, 0.5) is 5.82 Å². The van der Waals surface area contributed by atoms with Crippen LogP contribution in [0.25, 0.3) is 0 Å². The molecule has 0 bridgehead atoms. The van der Waals surface area contributed by atoms with E-state index in [0.717, 1.165) is 43.0 Å². The Kier molecular flexibility index (Phi) is 8.85. The monoisotopic (exact) mass is 453 g/mol. The fourth-order valence-corrected chi connectivity index (χ4v) is 3.87. The van der Waals surface area contributed by atoms with E-state index in [1.165, 1.54) is 0 Å². The van der Waals surface area contributed by atoms with Gasteiger partial charge in [-0.15, -0.1) is 24.8 Å². The molecule has 1 saturated carbocycles. The molecule has 2 heterocycles. The van der Waals surface area contributed by atoms with Crippen molar-refractivity contribution in [1.82, 2.24) is 14.9 Å². The Morgan fingerprint density at radius 2 is 1.77 bits per heavy atom. The normalized spacial score (nSPS) is 20.6. The molecule has 4 rings (SSSR count). The predicted molar refractivity (Wildman–Crippen MR) is 122 cm³/mol. The van der Waals surface area contributed by atoms with Gasteiger partial charge in [0.05, 0.1) is 0 Å². The van der Waals surface area contributed by atoms with Crippen LogP contribution in [0.15, 0.2) is 36.4 Å². The van der Waals surface area contributed by atoms with Gasteiger partial charge in [0.15, 0.2) is 5.82 Å².